The van der Waals surface area contributed by atoms with Crippen LogP contribution in [-0.2, 0) is 6.61 Å². The van der Waals surface area contributed by atoms with Crippen LogP contribution < -0.4 is 16.0 Å². The summed E-state index contributed by atoms with van der Waals surface area (Å²) in [6, 6.07) is 15.0. The number of amides is 1. The number of ether oxygens (including phenoxy) is 1. The molecule has 0 bridgehead atoms. The van der Waals surface area contributed by atoms with Crippen LogP contribution in [0.4, 0.5) is 0 Å². The van der Waals surface area contributed by atoms with E-state index in [0.717, 1.165) is 16.9 Å². The van der Waals surface area contributed by atoms with E-state index in [9.17, 15) is 4.79 Å². The molecule has 0 fully saturated rings. The molecule has 4 heteroatoms. The van der Waals surface area contributed by atoms with E-state index in [1.807, 2.05) is 55.5 Å². The van der Waals surface area contributed by atoms with Gasteiger partial charge in [-0.3, -0.25) is 10.2 Å². The van der Waals surface area contributed by atoms with E-state index in [-0.39, 0.29) is 5.91 Å². The van der Waals surface area contributed by atoms with E-state index in [4.69, 9.17) is 10.6 Å². The number of hydrazine groups is 1. The highest BCUT2D eigenvalue weighted by atomic mass is 16.5. The van der Waals surface area contributed by atoms with Gasteiger partial charge in [0.25, 0.3) is 5.91 Å². The molecular weight excluding hydrogens is 264 g/mol. The fourth-order valence-corrected chi connectivity index (χ4v) is 2.03. The Hall–Kier alpha value is -2.59. The topological polar surface area (TPSA) is 64.3 Å². The van der Waals surface area contributed by atoms with E-state index in [1.165, 1.54) is 0 Å². The first-order valence-corrected chi connectivity index (χ1v) is 6.69. The second-order valence-electron chi connectivity index (χ2n) is 4.46. The molecule has 3 N–H and O–H groups in total. The number of nitrogens with two attached hydrogens (primary N) is 1. The summed E-state index contributed by atoms with van der Waals surface area (Å²) < 4.78 is 5.84. The predicted molar refractivity (Wildman–Crippen MR) is 83.6 cm³/mol. The molecule has 0 heterocycles. The standard InChI is InChI=1S/C17H18N2O2/c1-2-7-13-8-4-6-11-16(13)21-12-14-9-3-5-10-15(14)17(20)19-18/h2-11H,12,18H2,1H3,(H,19,20). The van der Waals surface area contributed by atoms with Gasteiger partial charge in [-0.1, -0.05) is 48.6 Å². The van der Waals surface area contributed by atoms with Crippen molar-refractivity contribution in [3.63, 3.8) is 0 Å². The molecule has 0 unspecified atom stereocenters. The third-order valence-corrected chi connectivity index (χ3v) is 3.04. The van der Waals surface area contributed by atoms with E-state index in [0.29, 0.717) is 12.2 Å². The highest BCUT2D eigenvalue weighted by Crippen LogP contribution is 2.21. The van der Waals surface area contributed by atoms with Gasteiger partial charge in [-0.2, -0.15) is 0 Å². The largest absolute Gasteiger partial charge is 0.488 e. The molecular formula is C17H18N2O2. The number of hydrogen-bond acceptors (Lipinski definition) is 3. The first-order chi connectivity index (χ1) is 10.3. The lowest BCUT2D eigenvalue weighted by atomic mass is 10.1. The van der Waals surface area contributed by atoms with Crippen LogP contribution in [0.15, 0.2) is 54.6 Å². The Morgan fingerprint density at radius 3 is 2.67 bits per heavy atom. The average Bonchev–Trinajstić information content (AvgIpc) is 2.54. The number of hydrogen-bond donors (Lipinski definition) is 2. The van der Waals surface area contributed by atoms with Gasteiger partial charge in [0.05, 0.1) is 0 Å². The Morgan fingerprint density at radius 1 is 1.19 bits per heavy atom. The van der Waals surface area contributed by atoms with Crippen molar-refractivity contribution in [1.82, 2.24) is 5.43 Å². The number of benzene rings is 2. The molecule has 0 aliphatic heterocycles. The van der Waals surface area contributed by atoms with Crippen molar-refractivity contribution >= 4 is 12.0 Å². The molecule has 0 saturated carbocycles. The number of rotatable bonds is 5. The summed E-state index contributed by atoms with van der Waals surface area (Å²) in [6.07, 6.45) is 3.94. The first-order valence-electron chi connectivity index (χ1n) is 6.69. The number of carbonyl (C=O) groups excluding carboxylic acids is 1. The lowest BCUT2D eigenvalue weighted by molar-refractivity contribution is 0.0951. The molecule has 0 aliphatic carbocycles. The predicted octanol–water partition coefficient (Wildman–Crippen LogP) is 2.90. The average molecular weight is 282 g/mol. The van der Waals surface area contributed by atoms with Gasteiger partial charge in [-0.05, 0) is 19.1 Å². The molecule has 1 amide bonds. The minimum absolute atomic E-state index is 0.304. The van der Waals surface area contributed by atoms with Crippen LogP contribution in [0.5, 0.6) is 5.75 Å². The Labute approximate surface area is 124 Å². The minimum atomic E-state index is -0.323. The molecule has 4 nitrogen and oxygen atoms in total. The molecule has 2 rings (SSSR count). The normalized spacial score (nSPS) is 10.6. The monoisotopic (exact) mass is 282 g/mol. The van der Waals surface area contributed by atoms with Crippen LogP contribution in [0.25, 0.3) is 6.08 Å². The van der Waals surface area contributed by atoms with E-state index in [2.05, 4.69) is 5.43 Å². The highest BCUT2D eigenvalue weighted by Gasteiger charge is 2.10. The van der Waals surface area contributed by atoms with E-state index < -0.39 is 0 Å². The molecule has 0 spiro atoms. The van der Waals surface area contributed by atoms with Crippen LogP contribution in [0.2, 0.25) is 0 Å². The summed E-state index contributed by atoms with van der Waals surface area (Å²) in [7, 11) is 0. The van der Waals surface area contributed by atoms with Crippen molar-refractivity contribution in [2.45, 2.75) is 13.5 Å². The van der Waals surface area contributed by atoms with Gasteiger partial charge in [-0.15, -0.1) is 0 Å². The van der Waals surface area contributed by atoms with Gasteiger partial charge in [0.15, 0.2) is 0 Å². The zero-order valence-corrected chi connectivity index (χ0v) is 11.9. The van der Waals surface area contributed by atoms with Crippen LogP contribution in [-0.4, -0.2) is 5.91 Å². The van der Waals surface area contributed by atoms with Gasteiger partial charge >= 0.3 is 0 Å². The van der Waals surface area contributed by atoms with E-state index >= 15 is 0 Å². The van der Waals surface area contributed by atoms with Crippen LogP contribution >= 0.6 is 0 Å². The van der Waals surface area contributed by atoms with E-state index in [1.54, 1.807) is 12.1 Å². The molecule has 0 saturated heterocycles. The Bertz CT molecular complexity index is 651. The minimum Gasteiger partial charge on any atom is -0.488 e. The van der Waals surface area contributed by atoms with Crippen LogP contribution in [0.3, 0.4) is 0 Å². The number of nitrogens with one attached hydrogen (secondary N) is 1. The second-order valence-corrected chi connectivity index (χ2v) is 4.46. The number of para-hydroxylation sites is 1. The van der Waals surface area contributed by atoms with Gasteiger partial charge in [-0.25, -0.2) is 5.84 Å². The number of nitrogen functional groups attached to an aromatic ring is 1. The van der Waals surface area contributed by atoms with Crippen molar-refractivity contribution in [3.05, 3.63) is 71.3 Å². The van der Waals surface area contributed by atoms with Gasteiger partial charge in [0, 0.05) is 16.7 Å². The van der Waals surface area contributed by atoms with Gasteiger partial charge < -0.3 is 4.74 Å². The molecule has 108 valence electrons. The molecule has 2 aromatic rings. The third kappa shape index (κ3) is 3.70. The summed E-state index contributed by atoms with van der Waals surface area (Å²) in [6.45, 7) is 2.26. The van der Waals surface area contributed by atoms with Gasteiger partial charge in [0.2, 0.25) is 0 Å². The van der Waals surface area contributed by atoms with Crippen molar-refractivity contribution in [2.75, 3.05) is 0 Å². The zero-order chi connectivity index (χ0) is 15.1. The summed E-state index contributed by atoms with van der Waals surface area (Å²) in [5.41, 5.74) is 4.45. The Morgan fingerprint density at radius 2 is 1.90 bits per heavy atom. The fraction of sp³-hybridized carbons (Fsp3) is 0.118. The SMILES string of the molecule is CC=Cc1ccccc1OCc1ccccc1C(=O)NN. The molecule has 2 aromatic carbocycles. The quantitative estimate of drug-likeness (QED) is 0.503. The molecule has 0 atom stereocenters. The van der Waals surface area contributed by atoms with Crippen molar-refractivity contribution < 1.29 is 9.53 Å². The molecule has 21 heavy (non-hydrogen) atoms. The summed E-state index contributed by atoms with van der Waals surface area (Å²) >= 11 is 0. The molecule has 0 radical (unpaired) electrons. The van der Waals surface area contributed by atoms with Gasteiger partial charge in [0.1, 0.15) is 12.4 Å². The molecule has 0 aliphatic rings. The maximum Gasteiger partial charge on any atom is 0.265 e. The first kappa shape index (κ1) is 14.8. The summed E-state index contributed by atoms with van der Waals surface area (Å²) in [5, 5.41) is 0. The Kier molecular flexibility index (Phi) is 5.12. The molecule has 0 aromatic heterocycles. The second kappa shape index (κ2) is 7.26. The van der Waals surface area contributed by atoms with Crippen LogP contribution in [0.1, 0.15) is 28.4 Å². The summed E-state index contributed by atoms with van der Waals surface area (Å²) in [5.74, 6) is 5.65. The fourth-order valence-electron chi connectivity index (χ4n) is 2.03. The van der Waals surface area contributed by atoms with Crippen molar-refractivity contribution in [1.29, 1.82) is 0 Å². The maximum absolute atomic E-state index is 11.7. The number of carbonyl (C=O) groups is 1. The highest BCUT2D eigenvalue weighted by molar-refractivity contribution is 5.95. The Balaban J connectivity index is 2.19. The smallest absolute Gasteiger partial charge is 0.265 e. The zero-order valence-electron chi connectivity index (χ0n) is 11.9. The van der Waals surface area contributed by atoms with Crippen molar-refractivity contribution in [3.8, 4) is 5.75 Å². The lowest BCUT2D eigenvalue weighted by Crippen LogP contribution is -2.30. The van der Waals surface area contributed by atoms with Crippen LogP contribution in [0, 0.1) is 0 Å². The maximum atomic E-state index is 11.7. The van der Waals surface area contributed by atoms with Crippen molar-refractivity contribution in [2.24, 2.45) is 5.84 Å². The lowest BCUT2D eigenvalue weighted by Gasteiger charge is -2.12. The summed E-state index contributed by atoms with van der Waals surface area (Å²) in [4.78, 5) is 11.7. The number of allylic oxidation sites excluding steroid dienone is 1. The third-order valence-electron chi connectivity index (χ3n) is 3.04.